The number of halogens is 1. The standard InChI is InChI=1S/C28H34FN7O2S/c1-39(37,38)35-13-11-34(12-14-35)24-7-9-25(10-8-24)36-27(21-5-6-22(18-30)26(29)16-21)17-28(33-36)32-19-20-3-2-4-23(31)15-20/h5-10,16-17,20,23H,2-4,11-15,19,31H2,1H3,(H,32,33)/t20?,23-/m0/s1. The lowest BCUT2D eigenvalue weighted by molar-refractivity contribution is 0.335. The maximum Gasteiger partial charge on any atom is 0.211 e. The van der Waals surface area contributed by atoms with Crippen LogP contribution in [0.4, 0.5) is 15.9 Å². The Bertz CT molecular complexity index is 1460. The lowest BCUT2D eigenvalue weighted by Crippen LogP contribution is -2.48. The fraction of sp³-hybridized carbons (Fsp3) is 0.429. The Kier molecular flexibility index (Phi) is 7.88. The molecular formula is C28H34FN7O2S. The molecule has 1 aromatic heterocycles. The van der Waals surface area contributed by atoms with Gasteiger partial charge in [0.25, 0.3) is 0 Å². The molecule has 2 aromatic carbocycles. The molecule has 1 aliphatic heterocycles. The van der Waals surface area contributed by atoms with Crippen molar-refractivity contribution in [2.75, 3.05) is 49.2 Å². The molecule has 0 spiro atoms. The van der Waals surface area contributed by atoms with Crippen molar-refractivity contribution < 1.29 is 12.8 Å². The van der Waals surface area contributed by atoms with Crippen LogP contribution in [-0.2, 0) is 10.0 Å². The zero-order chi connectivity index (χ0) is 27.6. The number of hydrogen-bond acceptors (Lipinski definition) is 7. The van der Waals surface area contributed by atoms with E-state index < -0.39 is 15.8 Å². The molecule has 0 radical (unpaired) electrons. The number of benzene rings is 2. The third kappa shape index (κ3) is 6.24. The summed E-state index contributed by atoms with van der Waals surface area (Å²) in [6.45, 7) is 2.90. The number of piperazine rings is 1. The highest BCUT2D eigenvalue weighted by Crippen LogP contribution is 2.30. The van der Waals surface area contributed by atoms with Crippen molar-refractivity contribution in [3.05, 3.63) is 59.9 Å². The van der Waals surface area contributed by atoms with Gasteiger partial charge in [0.2, 0.25) is 10.0 Å². The smallest absolute Gasteiger partial charge is 0.211 e. The molecule has 2 aliphatic rings. The predicted molar refractivity (Wildman–Crippen MR) is 151 cm³/mol. The van der Waals surface area contributed by atoms with E-state index in [9.17, 15) is 12.8 Å². The molecule has 11 heteroatoms. The van der Waals surface area contributed by atoms with Crippen molar-refractivity contribution in [1.29, 1.82) is 5.26 Å². The quantitative estimate of drug-likeness (QED) is 0.461. The first-order valence-electron chi connectivity index (χ1n) is 13.3. The van der Waals surface area contributed by atoms with Crippen LogP contribution in [0.15, 0.2) is 48.5 Å². The zero-order valence-electron chi connectivity index (χ0n) is 22.1. The lowest BCUT2D eigenvalue weighted by Gasteiger charge is -2.34. The number of nitrogens with zero attached hydrogens (tertiary/aromatic N) is 5. The van der Waals surface area contributed by atoms with E-state index in [4.69, 9.17) is 16.1 Å². The van der Waals surface area contributed by atoms with E-state index >= 15 is 0 Å². The predicted octanol–water partition coefficient (Wildman–Crippen LogP) is 3.56. The number of aromatic nitrogens is 2. The molecule has 206 valence electrons. The molecule has 3 aromatic rings. The van der Waals surface area contributed by atoms with E-state index in [1.54, 1.807) is 10.7 Å². The van der Waals surface area contributed by atoms with Gasteiger partial charge >= 0.3 is 0 Å². The van der Waals surface area contributed by atoms with E-state index in [0.717, 1.165) is 43.6 Å². The van der Waals surface area contributed by atoms with Crippen LogP contribution in [0.1, 0.15) is 31.2 Å². The van der Waals surface area contributed by atoms with E-state index in [1.165, 1.54) is 22.7 Å². The van der Waals surface area contributed by atoms with Crippen molar-refractivity contribution in [2.45, 2.75) is 31.7 Å². The topological polar surface area (TPSA) is 120 Å². The summed E-state index contributed by atoms with van der Waals surface area (Å²) in [6.07, 6.45) is 5.57. The second-order valence-electron chi connectivity index (χ2n) is 10.5. The monoisotopic (exact) mass is 551 g/mol. The molecule has 1 saturated carbocycles. The summed E-state index contributed by atoms with van der Waals surface area (Å²) in [5, 5.41) is 17.4. The van der Waals surface area contributed by atoms with Crippen molar-refractivity contribution in [2.24, 2.45) is 11.7 Å². The molecule has 39 heavy (non-hydrogen) atoms. The van der Waals surface area contributed by atoms with Gasteiger partial charge in [0.15, 0.2) is 0 Å². The highest BCUT2D eigenvalue weighted by Gasteiger charge is 2.24. The van der Waals surface area contributed by atoms with E-state index in [-0.39, 0.29) is 11.6 Å². The zero-order valence-corrected chi connectivity index (χ0v) is 22.9. The van der Waals surface area contributed by atoms with Crippen molar-refractivity contribution >= 4 is 21.5 Å². The number of sulfonamides is 1. The number of nitrogens with two attached hydrogens (primary N) is 1. The second-order valence-corrected chi connectivity index (χ2v) is 12.5. The number of anilines is 2. The molecule has 0 bridgehead atoms. The number of rotatable bonds is 7. The average Bonchev–Trinajstić information content (AvgIpc) is 3.36. The maximum absolute atomic E-state index is 14.5. The molecule has 1 unspecified atom stereocenters. The summed E-state index contributed by atoms with van der Waals surface area (Å²) in [6, 6.07) is 16.5. The Hall–Kier alpha value is -3.46. The molecule has 1 saturated heterocycles. The maximum atomic E-state index is 14.5. The Balaban J connectivity index is 1.39. The van der Waals surface area contributed by atoms with Crippen LogP contribution in [0.25, 0.3) is 16.9 Å². The molecule has 3 N–H and O–H groups in total. The largest absolute Gasteiger partial charge is 0.369 e. The number of hydrogen-bond donors (Lipinski definition) is 2. The first kappa shape index (κ1) is 27.1. The van der Waals surface area contributed by atoms with Gasteiger partial charge in [-0.15, -0.1) is 5.10 Å². The lowest BCUT2D eigenvalue weighted by atomic mass is 9.86. The molecule has 2 fully saturated rings. The Morgan fingerprint density at radius 1 is 1.08 bits per heavy atom. The highest BCUT2D eigenvalue weighted by molar-refractivity contribution is 7.88. The summed E-state index contributed by atoms with van der Waals surface area (Å²) in [5.74, 6) is 0.601. The third-order valence-corrected chi connectivity index (χ3v) is 8.96. The summed E-state index contributed by atoms with van der Waals surface area (Å²) < 4.78 is 41.5. The van der Waals surface area contributed by atoms with Crippen LogP contribution in [0, 0.1) is 23.1 Å². The molecule has 1 aliphatic carbocycles. The van der Waals surface area contributed by atoms with E-state index in [1.807, 2.05) is 36.4 Å². The van der Waals surface area contributed by atoms with Crippen molar-refractivity contribution in [1.82, 2.24) is 14.1 Å². The Morgan fingerprint density at radius 3 is 2.44 bits per heavy atom. The Labute approximate surface area is 229 Å². The molecule has 2 heterocycles. The number of nitrogens with one attached hydrogen (secondary N) is 1. The first-order chi connectivity index (χ1) is 18.7. The summed E-state index contributed by atoms with van der Waals surface area (Å²) in [4.78, 5) is 2.16. The average molecular weight is 552 g/mol. The highest BCUT2D eigenvalue weighted by atomic mass is 32.2. The van der Waals surface area contributed by atoms with E-state index in [0.29, 0.717) is 49.2 Å². The molecule has 2 atom stereocenters. The molecule has 5 rings (SSSR count). The van der Waals surface area contributed by atoms with Gasteiger partial charge in [0.1, 0.15) is 17.7 Å². The minimum atomic E-state index is -3.19. The van der Waals surface area contributed by atoms with Crippen LogP contribution in [0.5, 0.6) is 0 Å². The van der Waals surface area contributed by atoms with Crippen LogP contribution >= 0.6 is 0 Å². The molecule has 9 nitrogen and oxygen atoms in total. The third-order valence-electron chi connectivity index (χ3n) is 7.66. The van der Waals surface area contributed by atoms with Crippen LogP contribution < -0.4 is 16.0 Å². The minimum Gasteiger partial charge on any atom is -0.369 e. The summed E-state index contributed by atoms with van der Waals surface area (Å²) in [5.41, 5.74) is 9.29. The van der Waals surface area contributed by atoms with Crippen LogP contribution in [0.2, 0.25) is 0 Å². The van der Waals surface area contributed by atoms with Gasteiger partial charge in [-0.25, -0.2) is 17.5 Å². The van der Waals surface area contributed by atoms with Crippen LogP contribution in [0.3, 0.4) is 0 Å². The van der Waals surface area contributed by atoms with Gasteiger partial charge < -0.3 is 16.0 Å². The van der Waals surface area contributed by atoms with Crippen LogP contribution in [-0.4, -0.2) is 67.5 Å². The van der Waals surface area contributed by atoms with Gasteiger partial charge in [-0.2, -0.15) is 9.57 Å². The fourth-order valence-electron chi connectivity index (χ4n) is 5.48. The minimum absolute atomic E-state index is 0.00266. The Morgan fingerprint density at radius 2 is 1.79 bits per heavy atom. The second kappa shape index (κ2) is 11.3. The molecular weight excluding hydrogens is 517 g/mol. The molecule has 0 amide bonds. The van der Waals surface area contributed by atoms with Gasteiger partial charge in [-0.1, -0.05) is 12.5 Å². The fourth-order valence-corrected chi connectivity index (χ4v) is 6.31. The SMILES string of the molecule is CS(=O)(=O)N1CCN(c2ccc(-n3nc(NCC4CCC[C@H](N)C4)cc3-c3ccc(C#N)c(F)c3)cc2)CC1. The van der Waals surface area contributed by atoms with Crippen molar-refractivity contribution in [3.8, 4) is 23.0 Å². The normalized spacial score (nSPS) is 20.5. The van der Waals surface area contributed by atoms with Crippen molar-refractivity contribution in [3.63, 3.8) is 0 Å². The van der Waals surface area contributed by atoms with Gasteiger partial charge in [0.05, 0.1) is 23.2 Å². The van der Waals surface area contributed by atoms with E-state index in [2.05, 4.69) is 10.2 Å². The van der Waals surface area contributed by atoms with Gasteiger partial charge in [-0.3, -0.25) is 0 Å². The number of nitriles is 1. The first-order valence-corrected chi connectivity index (χ1v) is 15.2. The van der Waals surface area contributed by atoms with Gasteiger partial charge in [0, 0.05) is 56.1 Å². The summed E-state index contributed by atoms with van der Waals surface area (Å²) >= 11 is 0. The van der Waals surface area contributed by atoms with Gasteiger partial charge in [-0.05, 0) is 61.6 Å². The summed E-state index contributed by atoms with van der Waals surface area (Å²) in [7, 11) is -3.19.